The van der Waals surface area contributed by atoms with Crippen LogP contribution in [0.3, 0.4) is 0 Å². The second-order valence-corrected chi connectivity index (χ2v) is 7.32. The number of para-hydroxylation sites is 1. The van der Waals surface area contributed by atoms with Crippen molar-refractivity contribution in [3.63, 3.8) is 0 Å². The molecule has 2 fully saturated rings. The Kier molecular flexibility index (Phi) is 7.89. The van der Waals surface area contributed by atoms with Crippen molar-refractivity contribution in [1.82, 2.24) is 20.4 Å². The fourth-order valence-corrected chi connectivity index (χ4v) is 3.63. The van der Waals surface area contributed by atoms with Crippen molar-refractivity contribution in [2.75, 3.05) is 52.4 Å². The van der Waals surface area contributed by atoms with Gasteiger partial charge in [-0.1, -0.05) is 12.1 Å². The zero-order chi connectivity index (χ0) is 21.3. The number of phenols is 1. The molecular formula is C21H31N5O4. The predicted octanol–water partition coefficient (Wildman–Crippen LogP) is 0.411. The lowest BCUT2D eigenvalue weighted by Gasteiger charge is -2.37. The molecule has 9 nitrogen and oxygen atoms in total. The van der Waals surface area contributed by atoms with Crippen LogP contribution in [0.25, 0.3) is 0 Å². The summed E-state index contributed by atoms with van der Waals surface area (Å²) in [4.78, 5) is 33.3. The van der Waals surface area contributed by atoms with Gasteiger partial charge in [0.2, 0.25) is 0 Å². The SMILES string of the molecule is CCNC(=NCCNC(=O)c1ccccc1O)N1CCN(C(=O)C2CCCO2)CC1. The van der Waals surface area contributed by atoms with Crippen LogP contribution in [0.4, 0.5) is 0 Å². The van der Waals surface area contributed by atoms with E-state index in [1.165, 1.54) is 6.07 Å². The summed E-state index contributed by atoms with van der Waals surface area (Å²) in [6.07, 6.45) is 1.50. The third kappa shape index (κ3) is 5.63. The van der Waals surface area contributed by atoms with Crippen LogP contribution in [0.15, 0.2) is 29.3 Å². The smallest absolute Gasteiger partial charge is 0.255 e. The molecule has 2 saturated heterocycles. The third-order valence-electron chi connectivity index (χ3n) is 5.24. The summed E-state index contributed by atoms with van der Waals surface area (Å²) in [6.45, 7) is 6.89. The molecule has 0 aliphatic carbocycles. The summed E-state index contributed by atoms with van der Waals surface area (Å²) in [6, 6.07) is 6.45. The van der Waals surface area contributed by atoms with Crippen molar-refractivity contribution in [2.24, 2.45) is 4.99 Å². The molecule has 2 aliphatic rings. The molecule has 3 N–H and O–H groups in total. The number of nitrogens with zero attached hydrogens (tertiary/aromatic N) is 3. The number of guanidine groups is 1. The van der Waals surface area contributed by atoms with Crippen molar-refractivity contribution < 1.29 is 19.4 Å². The number of aliphatic imine (C=N–C) groups is 1. The number of carbonyl (C=O) groups excluding carboxylic acids is 2. The average Bonchev–Trinajstić information content (AvgIpc) is 3.30. The van der Waals surface area contributed by atoms with E-state index in [1.54, 1.807) is 18.2 Å². The molecule has 0 aromatic heterocycles. The number of amides is 2. The molecule has 164 valence electrons. The number of hydrogen-bond donors (Lipinski definition) is 3. The lowest BCUT2D eigenvalue weighted by molar-refractivity contribution is -0.142. The molecule has 1 unspecified atom stereocenters. The van der Waals surface area contributed by atoms with Crippen LogP contribution >= 0.6 is 0 Å². The minimum Gasteiger partial charge on any atom is -0.507 e. The summed E-state index contributed by atoms with van der Waals surface area (Å²) >= 11 is 0. The average molecular weight is 418 g/mol. The maximum absolute atomic E-state index is 12.5. The Balaban J connectivity index is 1.47. The number of benzene rings is 1. The Morgan fingerprint density at radius 1 is 1.17 bits per heavy atom. The van der Waals surface area contributed by atoms with Gasteiger partial charge in [0, 0.05) is 45.9 Å². The van der Waals surface area contributed by atoms with Gasteiger partial charge in [-0.15, -0.1) is 0 Å². The summed E-state index contributed by atoms with van der Waals surface area (Å²) in [7, 11) is 0. The number of rotatable bonds is 6. The molecule has 0 spiro atoms. The maximum atomic E-state index is 12.5. The standard InChI is InChI=1S/C21H31N5O4/c1-2-22-21(24-10-9-23-19(28)16-6-3-4-7-17(16)27)26-13-11-25(12-14-26)20(29)18-8-5-15-30-18/h3-4,6-7,18,27H,2,5,8-15H2,1H3,(H,22,24)(H,23,28). The Hall–Kier alpha value is -2.81. The number of hydrogen-bond acceptors (Lipinski definition) is 5. The van der Waals surface area contributed by atoms with Crippen molar-refractivity contribution in [3.8, 4) is 5.75 Å². The lowest BCUT2D eigenvalue weighted by Crippen LogP contribution is -2.55. The summed E-state index contributed by atoms with van der Waals surface area (Å²) in [5.74, 6) is 0.510. The number of carbonyl (C=O) groups is 2. The molecule has 2 amide bonds. The lowest BCUT2D eigenvalue weighted by atomic mass is 10.2. The Bertz CT molecular complexity index is 756. The quantitative estimate of drug-likeness (QED) is 0.352. The molecule has 0 saturated carbocycles. The number of ether oxygens (including phenoxy) is 1. The van der Waals surface area contributed by atoms with Gasteiger partial charge in [-0.05, 0) is 31.9 Å². The molecule has 9 heteroatoms. The van der Waals surface area contributed by atoms with E-state index in [1.807, 2.05) is 11.8 Å². The number of piperazine rings is 1. The van der Waals surface area contributed by atoms with Crippen LogP contribution in [0.5, 0.6) is 5.75 Å². The van der Waals surface area contributed by atoms with Crippen molar-refractivity contribution >= 4 is 17.8 Å². The minimum absolute atomic E-state index is 0.0396. The topological polar surface area (TPSA) is 106 Å². The van der Waals surface area contributed by atoms with E-state index in [-0.39, 0.29) is 29.2 Å². The second kappa shape index (κ2) is 10.8. The van der Waals surface area contributed by atoms with E-state index < -0.39 is 0 Å². The zero-order valence-electron chi connectivity index (χ0n) is 17.5. The Labute approximate surface area is 177 Å². The Morgan fingerprint density at radius 2 is 1.90 bits per heavy atom. The molecule has 3 rings (SSSR count). The van der Waals surface area contributed by atoms with Crippen LogP contribution in [0, 0.1) is 0 Å². The first-order valence-corrected chi connectivity index (χ1v) is 10.6. The highest BCUT2D eigenvalue weighted by Crippen LogP contribution is 2.16. The highest BCUT2D eigenvalue weighted by atomic mass is 16.5. The molecule has 2 heterocycles. The molecule has 1 aromatic carbocycles. The van der Waals surface area contributed by atoms with E-state index in [2.05, 4.69) is 20.5 Å². The van der Waals surface area contributed by atoms with E-state index in [0.717, 1.165) is 25.3 Å². The number of nitrogens with one attached hydrogen (secondary N) is 2. The van der Waals surface area contributed by atoms with Crippen molar-refractivity contribution in [2.45, 2.75) is 25.9 Å². The Morgan fingerprint density at radius 3 is 2.57 bits per heavy atom. The van der Waals surface area contributed by atoms with E-state index in [9.17, 15) is 14.7 Å². The minimum atomic E-state index is -0.324. The van der Waals surface area contributed by atoms with Crippen LogP contribution in [-0.2, 0) is 9.53 Å². The predicted molar refractivity (Wildman–Crippen MR) is 114 cm³/mol. The molecule has 1 atom stereocenters. The number of aromatic hydroxyl groups is 1. The van der Waals surface area contributed by atoms with Gasteiger partial charge in [-0.2, -0.15) is 0 Å². The summed E-state index contributed by atoms with van der Waals surface area (Å²) in [5, 5.41) is 15.8. The van der Waals surface area contributed by atoms with Gasteiger partial charge in [0.15, 0.2) is 5.96 Å². The molecule has 0 bridgehead atoms. The van der Waals surface area contributed by atoms with Crippen LogP contribution in [-0.4, -0.2) is 91.2 Å². The van der Waals surface area contributed by atoms with E-state index >= 15 is 0 Å². The van der Waals surface area contributed by atoms with Gasteiger partial charge in [0.05, 0.1) is 12.1 Å². The van der Waals surface area contributed by atoms with Gasteiger partial charge in [-0.3, -0.25) is 14.6 Å². The van der Waals surface area contributed by atoms with Gasteiger partial charge in [0.25, 0.3) is 11.8 Å². The van der Waals surface area contributed by atoms with Crippen molar-refractivity contribution in [3.05, 3.63) is 29.8 Å². The summed E-state index contributed by atoms with van der Waals surface area (Å²) in [5.41, 5.74) is 0.250. The first kappa shape index (κ1) is 21.9. The maximum Gasteiger partial charge on any atom is 0.255 e. The van der Waals surface area contributed by atoms with Gasteiger partial charge in [0.1, 0.15) is 11.9 Å². The zero-order valence-corrected chi connectivity index (χ0v) is 17.5. The largest absolute Gasteiger partial charge is 0.507 e. The van der Waals surface area contributed by atoms with E-state index in [4.69, 9.17) is 4.74 Å². The normalized spacial score (nSPS) is 19.6. The van der Waals surface area contributed by atoms with E-state index in [0.29, 0.717) is 45.9 Å². The molecular weight excluding hydrogens is 386 g/mol. The highest BCUT2D eigenvalue weighted by Gasteiger charge is 2.30. The fraction of sp³-hybridized carbons (Fsp3) is 0.571. The van der Waals surface area contributed by atoms with Crippen LogP contribution < -0.4 is 10.6 Å². The number of phenolic OH excluding ortho intramolecular Hbond substituents is 1. The second-order valence-electron chi connectivity index (χ2n) is 7.32. The third-order valence-corrected chi connectivity index (χ3v) is 5.24. The molecule has 1 aromatic rings. The monoisotopic (exact) mass is 417 g/mol. The first-order valence-electron chi connectivity index (χ1n) is 10.6. The molecule has 30 heavy (non-hydrogen) atoms. The molecule has 2 aliphatic heterocycles. The summed E-state index contributed by atoms with van der Waals surface area (Å²) < 4.78 is 5.51. The fourth-order valence-electron chi connectivity index (χ4n) is 3.63. The van der Waals surface area contributed by atoms with Gasteiger partial charge >= 0.3 is 0 Å². The van der Waals surface area contributed by atoms with Crippen LogP contribution in [0.1, 0.15) is 30.1 Å². The van der Waals surface area contributed by atoms with Gasteiger partial charge < -0.3 is 30.3 Å². The van der Waals surface area contributed by atoms with Crippen LogP contribution in [0.2, 0.25) is 0 Å². The molecule has 0 radical (unpaired) electrons. The first-order chi connectivity index (χ1) is 14.6. The van der Waals surface area contributed by atoms with Gasteiger partial charge in [-0.25, -0.2) is 0 Å². The highest BCUT2D eigenvalue weighted by molar-refractivity contribution is 5.96. The van der Waals surface area contributed by atoms with Crippen molar-refractivity contribution in [1.29, 1.82) is 0 Å².